The van der Waals surface area contributed by atoms with Gasteiger partial charge in [-0.25, -0.2) is 0 Å². The highest BCUT2D eigenvalue weighted by Gasteiger charge is 2.50. The van der Waals surface area contributed by atoms with E-state index < -0.39 is 0 Å². The summed E-state index contributed by atoms with van der Waals surface area (Å²) in [4.78, 5) is 0. The minimum atomic E-state index is 0.691. The third-order valence-corrected chi connectivity index (χ3v) is 3.14. The van der Waals surface area contributed by atoms with Crippen LogP contribution >= 0.6 is 0 Å². The first-order chi connectivity index (χ1) is 5.12. The minimum Gasteiger partial charge on any atom is -0.0683 e. The molecule has 2 fully saturated rings. The van der Waals surface area contributed by atoms with Gasteiger partial charge in [-0.2, -0.15) is 0 Å². The Balaban J connectivity index is 0.000000281. The molecular weight excluding hydrogens is 132 g/mol. The van der Waals surface area contributed by atoms with Gasteiger partial charge in [0, 0.05) is 0 Å². The Morgan fingerprint density at radius 2 is 1.27 bits per heavy atom. The molecule has 0 bridgehead atoms. The van der Waals surface area contributed by atoms with Crippen LogP contribution in [0.4, 0.5) is 0 Å². The van der Waals surface area contributed by atoms with E-state index in [1.165, 1.54) is 32.1 Å². The molecule has 0 saturated heterocycles. The van der Waals surface area contributed by atoms with Crippen LogP contribution < -0.4 is 0 Å². The van der Waals surface area contributed by atoms with Crippen LogP contribution in [0, 0.1) is 10.8 Å². The second-order valence-corrected chi connectivity index (χ2v) is 4.84. The summed E-state index contributed by atoms with van der Waals surface area (Å²) in [6.07, 6.45) is 7.60. The Labute approximate surface area is 71.4 Å². The van der Waals surface area contributed by atoms with Gasteiger partial charge in [0.15, 0.2) is 0 Å². The molecule has 0 nitrogen and oxygen atoms in total. The summed E-state index contributed by atoms with van der Waals surface area (Å²) in [6, 6.07) is 0. The van der Waals surface area contributed by atoms with E-state index in [1.807, 2.05) is 13.8 Å². The predicted molar refractivity (Wildman–Crippen MR) is 50.6 cm³/mol. The molecule has 0 aromatic carbocycles. The average Bonchev–Trinajstić information content (AvgIpc) is 2.62. The Bertz CT molecular complexity index is 125. The molecule has 2 saturated carbocycles. The van der Waals surface area contributed by atoms with Crippen molar-refractivity contribution in [2.24, 2.45) is 10.8 Å². The van der Waals surface area contributed by atoms with Crippen molar-refractivity contribution >= 4 is 0 Å². The van der Waals surface area contributed by atoms with Crippen molar-refractivity contribution in [1.82, 2.24) is 0 Å². The zero-order chi connectivity index (χ0) is 8.54. The Kier molecular flexibility index (Phi) is 2.32. The molecule has 2 aliphatic rings. The van der Waals surface area contributed by atoms with Gasteiger partial charge in [-0.3, -0.25) is 0 Å². The van der Waals surface area contributed by atoms with Gasteiger partial charge in [0.25, 0.3) is 0 Å². The number of rotatable bonds is 0. The lowest BCUT2D eigenvalue weighted by molar-refractivity contribution is 0.354. The van der Waals surface area contributed by atoms with Crippen molar-refractivity contribution in [3.05, 3.63) is 0 Å². The second-order valence-electron chi connectivity index (χ2n) is 4.84. The molecule has 0 heterocycles. The van der Waals surface area contributed by atoms with Crippen molar-refractivity contribution in [2.75, 3.05) is 0 Å². The zero-order valence-corrected chi connectivity index (χ0v) is 8.54. The first kappa shape index (κ1) is 9.09. The predicted octanol–water partition coefficient (Wildman–Crippen LogP) is 4.00. The van der Waals surface area contributed by atoms with Crippen LogP contribution in [-0.4, -0.2) is 0 Å². The SMILES string of the molecule is CC.CC1(C)CCC2(CC2)C1. The summed E-state index contributed by atoms with van der Waals surface area (Å²) in [6.45, 7) is 8.83. The standard InChI is InChI=1S/C9H16.C2H6/c1-8(2)3-4-9(7-8)5-6-9;1-2/h3-7H2,1-2H3;1-2H3. The van der Waals surface area contributed by atoms with Gasteiger partial charge in [0.05, 0.1) is 0 Å². The summed E-state index contributed by atoms with van der Waals surface area (Å²) in [5.74, 6) is 0. The summed E-state index contributed by atoms with van der Waals surface area (Å²) in [5.41, 5.74) is 1.57. The smallest absolute Gasteiger partial charge is 0.0292 e. The molecule has 66 valence electrons. The van der Waals surface area contributed by atoms with E-state index in [2.05, 4.69) is 13.8 Å². The largest absolute Gasteiger partial charge is 0.0683 e. The van der Waals surface area contributed by atoms with Gasteiger partial charge < -0.3 is 0 Å². The molecule has 2 aliphatic carbocycles. The molecule has 11 heavy (non-hydrogen) atoms. The average molecular weight is 154 g/mol. The maximum atomic E-state index is 2.42. The van der Waals surface area contributed by atoms with Gasteiger partial charge in [-0.05, 0) is 42.9 Å². The molecule has 0 unspecified atom stereocenters. The van der Waals surface area contributed by atoms with E-state index in [-0.39, 0.29) is 0 Å². The lowest BCUT2D eigenvalue weighted by Crippen LogP contribution is -2.04. The first-order valence-corrected chi connectivity index (χ1v) is 5.12. The molecular formula is C11H22. The maximum Gasteiger partial charge on any atom is -0.0292 e. The van der Waals surface area contributed by atoms with E-state index in [0.29, 0.717) is 5.41 Å². The van der Waals surface area contributed by atoms with Crippen LogP contribution in [0.1, 0.15) is 59.8 Å². The van der Waals surface area contributed by atoms with E-state index >= 15 is 0 Å². The monoisotopic (exact) mass is 154 g/mol. The van der Waals surface area contributed by atoms with E-state index in [1.54, 1.807) is 0 Å². The van der Waals surface area contributed by atoms with Crippen molar-refractivity contribution < 1.29 is 0 Å². The van der Waals surface area contributed by atoms with Crippen molar-refractivity contribution in [1.29, 1.82) is 0 Å². The molecule has 0 aromatic heterocycles. The van der Waals surface area contributed by atoms with E-state index in [0.717, 1.165) is 5.41 Å². The van der Waals surface area contributed by atoms with Gasteiger partial charge in [-0.1, -0.05) is 27.7 Å². The fourth-order valence-corrected chi connectivity index (χ4v) is 2.40. The van der Waals surface area contributed by atoms with Crippen LogP contribution in [0.2, 0.25) is 0 Å². The van der Waals surface area contributed by atoms with Crippen molar-refractivity contribution in [2.45, 2.75) is 59.8 Å². The Hall–Kier alpha value is 0. The van der Waals surface area contributed by atoms with Crippen LogP contribution in [0.3, 0.4) is 0 Å². The highest BCUT2D eigenvalue weighted by Crippen LogP contribution is 2.63. The maximum absolute atomic E-state index is 2.42. The zero-order valence-electron chi connectivity index (χ0n) is 8.54. The topological polar surface area (TPSA) is 0 Å². The normalized spacial score (nSPS) is 29.5. The lowest BCUT2D eigenvalue weighted by Gasteiger charge is -2.16. The molecule has 0 aromatic rings. The summed E-state index contributed by atoms with van der Waals surface area (Å²) < 4.78 is 0. The third kappa shape index (κ3) is 1.98. The number of hydrogen-bond acceptors (Lipinski definition) is 0. The van der Waals surface area contributed by atoms with Crippen LogP contribution in [0.15, 0.2) is 0 Å². The van der Waals surface area contributed by atoms with Gasteiger partial charge in [0.2, 0.25) is 0 Å². The first-order valence-electron chi connectivity index (χ1n) is 5.12. The summed E-state index contributed by atoms with van der Waals surface area (Å²) in [7, 11) is 0. The molecule has 2 rings (SSSR count). The van der Waals surface area contributed by atoms with E-state index in [4.69, 9.17) is 0 Å². The molecule has 0 heteroatoms. The van der Waals surface area contributed by atoms with Crippen molar-refractivity contribution in [3.63, 3.8) is 0 Å². The molecule has 0 N–H and O–H groups in total. The Morgan fingerprint density at radius 3 is 1.45 bits per heavy atom. The fourth-order valence-electron chi connectivity index (χ4n) is 2.40. The van der Waals surface area contributed by atoms with Crippen LogP contribution in [0.25, 0.3) is 0 Å². The highest BCUT2D eigenvalue weighted by atomic mass is 14.6. The van der Waals surface area contributed by atoms with Gasteiger partial charge in [0.1, 0.15) is 0 Å². The van der Waals surface area contributed by atoms with Crippen molar-refractivity contribution in [3.8, 4) is 0 Å². The molecule has 0 amide bonds. The second kappa shape index (κ2) is 2.80. The van der Waals surface area contributed by atoms with Gasteiger partial charge >= 0.3 is 0 Å². The molecule has 0 aliphatic heterocycles. The quantitative estimate of drug-likeness (QED) is 0.494. The van der Waals surface area contributed by atoms with Crippen LogP contribution in [0.5, 0.6) is 0 Å². The highest BCUT2D eigenvalue weighted by molar-refractivity contribution is 5.02. The summed E-state index contributed by atoms with van der Waals surface area (Å²) >= 11 is 0. The summed E-state index contributed by atoms with van der Waals surface area (Å²) in [5, 5.41) is 0. The third-order valence-electron chi connectivity index (χ3n) is 3.14. The van der Waals surface area contributed by atoms with Crippen LogP contribution in [-0.2, 0) is 0 Å². The number of hydrogen-bond donors (Lipinski definition) is 0. The van der Waals surface area contributed by atoms with E-state index in [9.17, 15) is 0 Å². The van der Waals surface area contributed by atoms with Gasteiger partial charge in [-0.15, -0.1) is 0 Å². The molecule has 1 spiro atoms. The minimum absolute atomic E-state index is 0.691. The molecule has 0 atom stereocenters. The fraction of sp³-hybridized carbons (Fsp3) is 1.00. The molecule has 0 radical (unpaired) electrons. The lowest BCUT2D eigenvalue weighted by atomic mass is 9.90. The Morgan fingerprint density at radius 1 is 0.818 bits per heavy atom.